The molecule has 0 heterocycles. The quantitative estimate of drug-likeness (QED) is 0.661. The van der Waals surface area contributed by atoms with Crippen molar-refractivity contribution in [2.75, 3.05) is 6.61 Å². The Morgan fingerprint density at radius 2 is 1.93 bits per heavy atom. The van der Waals surface area contributed by atoms with E-state index in [1.54, 1.807) is 24.3 Å². The molecular weight excluding hydrogens is 180 g/mol. The van der Waals surface area contributed by atoms with Crippen molar-refractivity contribution in [1.29, 1.82) is 0 Å². The summed E-state index contributed by atoms with van der Waals surface area (Å²) in [6.07, 6.45) is -0.631. The third kappa shape index (κ3) is 2.20. The number of hydrogen-bond acceptors (Lipinski definition) is 3. The van der Waals surface area contributed by atoms with Gasteiger partial charge in [-0.1, -0.05) is 36.9 Å². The van der Waals surface area contributed by atoms with Crippen LogP contribution in [-0.2, 0) is 0 Å². The van der Waals surface area contributed by atoms with Crippen LogP contribution in [0.2, 0.25) is 0 Å². The van der Waals surface area contributed by atoms with Gasteiger partial charge in [-0.05, 0) is 11.1 Å². The van der Waals surface area contributed by atoms with Crippen LogP contribution in [0.5, 0.6) is 0 Å². The molecule has 1 rings (SSSR count). The summed E-state index contributed by atoms with van der Waals surface area (Å²) < 4.78 is 0. The average molecular weight is 194 g/mol. The maximum atomic E-state index is 9.64. The van der Waals surface area contributed by atoms with E-state index in [1.807, 2.05) is 6.07 Å². The maximum absolute atomic E-state index is 9.64. The summed E-state index contributed by atoms with van der Waals surface area (Å²) in [7, 11) is 0. The molecule has 0 amide bonds. The molecule has 3 heteroatoms. The van der Waals surface area contributed by atoms with Crippen LogP contribution in [0.1, 0.15) is 17.2 Å². The Kier molecular flexibility index (Phi) is 3.83. The molecule has 0 aliphatic rings. The van der Waals surface area contributed by atoms with Crippen molar-refractivity contribution in [2.24, 2.45) is 0 Å². The highest BCUT2D eigenvalue weighted by atomic mass is 16.4. The van der Waals surface area contributed by atoms with Crippen LogP contribution in [-0.4, -0.2) is 28.0 Å². The number of aliphatic hydroxyl groups excluding tert-OH is 3. The fourth-order valence-electron chi connectivity index (χ4n) is 1.27. The largest absolute Gasteiger partial charge is 0.394 e. The predicted molar refractivity (Wildman–Crippen MR) is 54.6 cm³/mol. The molecule has 1 aromatic carbocycles. The first-order valence-corrected chi connectivity index (χ1v) is 4.39. The lowest BCUT2D eigenvalue weighted by Gasteiger charge is -2.17. The Bertz CT molecular complexity index is 309. The van der Waals surface area contributed by atoms with Gasteiger partial charge in [0.15, 0.2) is 0 Å². The van der Waals surface area contributed by atoms with Crippen LogP contribution in [0.25, 0.3) is 6.08 Å². The van der Waals surface area contributed by atoms with E-state index in [9.17, 15) is 10.2 Å². The number of benzene rings is 1. The van der Waals surface area contributed by atoms with E-state index in [2.05, 4.69) is 6.58 Å². The molecule has 0 bridgehead atoms. The van der Waals surface area contributed by atoms with E-state index in [4.69, 9.17) is 5.11 Å². The smallest absolute Gasteiger partial charge is 0.108 e. The molecule has 0 saturated heterocycles. The standard InChI is InChI=1S/C11H14O3/c1-2-8-5-3-4-6-9(8)11(14)10(13)7-12/h2-6,10-14H,1,7H2. The molecule has 0 aliphatic heterocycles. The normalized spacial score (nSPS) is 14.8. The highest BCUT2D eigenvalue weighted by Crippen LogP contribution is 2.21. The number of hydrogen-bond donors (Lipinski definition) is 3. The van der Waals surface area contributed by atoms with Gasteiger partial charge >= 0.3 is 0 Å². The third-order valence-corrected chi connectivity index (χ3v) is 2.09. The van der Waals surface area contributed by atoms with Crippen molar-refractivity contribution < 1.29 is 15.3 Å². The highest BCUT2D eigenvalue weighted by molar-refractivity contribution is 5.52. The maximum Gasteiger partial charge on any atom is 0.108 e. The Hall–Kier alpha value is -1.16. The van der Waals surface area contributed by atoms with Crippen LogP contribution >= 0.6 is 0 Å². The summed E-state index contributed by atoms with van der Waals surface area (Å²) in [5, 5.41) is 27.6. The number of aliphatic hydroxyl groups is 3. The topological polar surface area (TPSA) is 60.7 Å². The first-order valence-electron chi connectivity index (χ1n) is 4.39. The second-order valence-corrected chi connectivity index (χ2v) is 3.03. The molecule has 0 aromatic heterocycles. The molecule has 0 spiro atoms. The van der Waals surface area contributed by atoms with Crippen LogP contribution in [0.4, 0.5) is 0 Å². The summed E-state index contributed by atoms with van der Waals surface area (Å²) in [6.45, 7) is 3.14. The van der Waals surface area contributed by atoms with Crippen molar-refractivity contribution >= 4 is 6.08 Å². The van der Waals surface area contributed by atoms with Gasteiger partial charge in [-0.25, -0.2) is 0 Å². The molecule has 0 aliphatic carbocycles. The molecule has 14 heavy (non-hydrogen) atoms. The zero-order valence-electron chi connectivity index (χ0n) is 7.80. The van der Waals surface area contributed by atoms with Gasteiger partial charge in [0.1, 0.15) is 12.2 Å². The molecule has 0 saturated carbocycles. The molecule has 76 valence electrons. The van der Waals surface area contributed by atoms with Gasteiger partial charge in [-0.2, -0.15) is 0 Å². The highest BCUT2D eigenvalue weighted by Gasteiger charge is 2.18. The Morgan fingerprint density at radius 3 is 2.50 bits per heavy atom. The number of rotatable bonds is 4. The van der Waals surface area contributed by atoms with Crippen LogP contribution in [0.3, 0.4) is 0 Å². The average Bonchev–Trinajstić information content (AvgIpc) is 2.26. The van der Waals surface area contributed by atoms with E-state index >= 15 is 0 Å². The zero-order valence-corrected chi connectivity index (χ0v) is 7.80. The Labute approximate surface area is 82.9 Å². The van der Waals surface area contributed by atoms with Crippen LogP contribution in [0.15, 0.2) is 30.8 Å². The van der Waals surface area contributed by atoms with E-state index in [0.717, 1.165) is 5.56 Å². The van der Waals surface area contributed by atoms with E-state index in [-0.39, 0.29) is 0 Å². The monoisotopic (exact) mass is 194 g/mol. The van der Waals surface area contributed by atoms with Gasteiger partial charge < -0.3 is 15.3 Å². The minimum absolute atomic E-state index is 0.466. The molecule has 3 nitrogen and oxygen atoms in total. The fourth-order valence-corrected chi connectivity index (χ4v) is 1.27. The summed E-state index contributed by atoms with van der Waals surface area (Å²) in [4.78, 5) is 0. The lowest BCUT2D eigenvalue weighted by Crippen LogP contribution is -2.22. The van der Waals surface area contributed by atoms with Crippen LogP contribution < -0.4 is 0 Å². The summed E-state index contributed by atoms with van der Waals surface area (Å²) >= 11 is 0. The summed E-state index contributed by atoms with van der Waals surface area (Å²) in [5.74, 6) is 0. The van der Waals surface area contributed by atoms with Gasteiger partial charge in [0.2, 0.25) is 0 Å². The summed E-state index contributed by atoms with van der Waals surface area (Å²) in [5.41, 5.74) is 1.33. The van der Waals surface area contributed by atoms with Gasteiger partial charge in [-0.15, -0.1) is 0 Å². The van der Waals surface area contributed by atoms with Crippen molar-refractivity contribution in [3.63, 3.8) is 0 Å². The summed E-state index contributed by atoms with van der Waals surface area (Å²) in [6, 6.07) is 7.06. The van der Waals surface area contributed by atoms with Gasteiger partial charge in [0.05, 0.1) is 6.61 Å². The molecule has 0 fully saturated rings. The molecular formula is C11H14O3. The van der Waals surface area contributed by atoms with E-state index in [1.165, 1.54) is 0 Å². The Morgan fingerprint density at radius 1 is 1.29 bits per heavy atom. The Balaban J connectivity index is 2.99. The van der Waals surface area contributed by atoms with E-state index in [0.29, 0.717) is 5.56 Å². The van der Waals surface area contributed by atoms with Gasteiger partial charge in [-0.3, -0.25) is 0 Å². The first-order chi connectivity index (χ1) is 6.70. The first kappa shape index (κ1) is 10.9. The molecule has 3 N–H and O–H groups in total. The lowest BCUT2D eigenvalue weighted by molar-refractivity contribution is -0.0153. The van der Waals surface area contributed by atoms with Gasteiger partial charge in [0, 0.05) is 0 Å². The van der Waals surface area contributed by atoms with Crippen molar-refractivity contribution in [1.82, 2.24) is 0 Å². The fraction of sp³-hybridized carbons (Fsp3) is 0.273. The third-order valence-electron chi connectivity index (χ3n) is 2.09. The molecule has 2 atom stereocenters. The van der Waals surface area contributed by atoms with Crippen molar-refractivity contribution in [3.8, 4) is 0 Å². The SMILES string of the molecule is C=Cc1ccccc1C(O)C(O)CO. The van der Waals surface area contributed by atoms with Crippen molar-refractivity contribution in [3.05, 3.63) is 42.0 Å². The van der Waals surface area contributed by atoms with Gasteiger partial charge in [0.25, 0.3) is 0 Å². The second kappa shape index (κ2) is 4.91. The van der Waals surface area contributed by atoms with Crippen LogP contribution in [0, 0.1) is 0 Å². The zero-order chi connectivity index (χ0) is 10.6. The molecule has 2 unspecified atom stereocenters. The molecule has 1 aromatic rings. The minimum atomic E-state index is -1.16. The molecule has 0 radical (unpaired) electrons. The van der Waals surface area contributed by atoms with E-state index < -0.39 is 18.8 Å². The van der Waals surface area contributed by atoms with Crippen molar-refractivity contribution in [2.45, 2.75) is 12.2 Å². The predicted octanol–water partition coefficient (Wildman–Crippen LogP) is 0.716. The second-order valence-electron chi connectivity index (χ2n) is 3.03. The lowest BCUT2D eigenvalue weighted by atomic mass is 9.99. The minimum Gasteiger partial charge on any atom is -0.394 e.